The zero-order valence-corrected chi connectivity index (χ0v) is 79.8. The minimum absolute atomic E-state index is 0.115. The van der Waals surface area contributed by atoms with Crippen molar-refractivity contribution in [1.82, 2.24) is 0 Å². The minimum atomic E-state index is -0.605. The van der Waals surface area contributed by atoms with Crippen molar-refractivity contribution in [3.63, 3.8) is 0 Å². The topological polar surface area (TPSA) is 289 Å². The Kier molecular flexibility index (Phi) is 35.1. The van der Waals surface area contributed by atoms with E-state index in [-0.39, 0.29) is 76.4 Å². The summed E-state index contributed by atoms with van der Waals surface area (Å²) in [5, 5.41) is 0. The number of carbonyl (C=O) groups excluding carboxylic acids is 11. The number of benzene rings is 10. The van der Waals surface area contributed by atoms with E-state index in [9.17, 15) is 57.1 Å². The SMILES string of the molecule is C=C(C)C(=O)Oc1ccc(-c2ccc3c(c2)C(OC(=O)C(=C)C)CC3)c(F)c1.C=C(C)C(=O)Oc1ccc(-c2ccc3c(c2)C(OC(=O)C(=C)C)CC3)cc1.C=C(C)C(=O)Oc1ccc(-c2ccc3c(c2)CCC3OC(=O)C(=C)C)cc1.C=CC(=O)OC1CCc2c(-c3cc(OC(=O)C(=C)C)cc(OC(=O)C(=C)C)c3)cccc21.C=CC(=O)OC1CCc2ccc(-c3ccc(OC(=O)C(=C)C)cc3)cc21. The van der Waals surface area contributed by atoms with Crippen LogP contribution in [0.4, 0.5) is 4.39 Å². The molecule has 716 valence electrons. The minimum Gasteiger partial charge on any atom is -0.454 e. The maximum atomic E-state index is 14.6. The summed E-state index contributed by atoms with van der Waals surface area (Å²) in [7, 11) is 0. The van der Waals surface area contributed by atoms with E-state index >= 15 is 0 Å². The van der Waals surface area contributed by atoms with Crippen molar-refractivity contribution in [1.29, 1.82) is 0 Å². The Balaban J connectivity index is 0.000000168. The van der Waals surface area contributed by atoms with Gasteiger partial charge < -0.3 is 52.1 Å². The molecule has 0 amide bonds. The predicted octanol–water partition coefficient (Wildman–Crippen LogP) is 24.5. The van der Waals surface area contributed by atoms with Crippen molar-refractivity contribution in [3.05, 3.63) is 396 Å². The predicted molar refractivity (Wildman–Crippen MR) is 533 cm³/mol. The van der Waals surface area contributed by atoms with Gasteiger partial charge >= 0.3 is 65.7 Å². The first-order chi connectivity index (χ1) is 66.6. The van der Waals surface area contributed by atoms with Gasteiger partial charge in [0.2, 0.25) is 0 Å². The molecule has 0 fully saturated rings. The third kappa shape index (κ3) is 27.4. The van der Waals surface area contributed by atoms with E-state index in [4.69, 9.17) is 52.1 Å². The zero-order valence-electron chi connectivity index (χ0n) is 79.8. The van der Waals surface area contributed by atoms with Crippen LogP contribution in [0.5, 0.6) is 34.5 Å². The number of ether oxygens (including phenoxy) is 11. The second-order valence-electron chi connectivity index (χ2n) is 34.4. The Morgan fingerprint density at radius 3 is 0.907 bits per heavy atom. The van der Waals surface area contributed by atoms with E-state index in [0.717, 1.165) is 129 Å². The summed E-state index contributed by atoms with van der Waals surface area (Å²) in [5.74, 6) is -3.67. The first kappa shape index (κ1) is 104. The average molecular weight is 1890 g/mol. The van der Waals surface area contributed by atoms with Gasteiger partial charge in [0.05, 0.1) is 0 Å². The molecule has 0 aromatic heterocycles. The Bertz CT molecular complexity index is 6670. The Morgan fingerprint density at radius 2 is 0.543 bits per heavy atom. The largest absolute Gasteiger partial charge is 0.454 e. The molecule has 0 aliphatic heterocycles. The lowest BCUT2D eigenvalue weighted by molar-refractivity contribution is -0.145. The second-order valence-corrected chi connectivity index (χ2v) is 34.4. The molecule has 23 heteroatoms. The molecule has 0 bridgehead atoms. The van der Waals surface area contributed by atoms with Gasteiger partial charge in [0.15, 0.2) is 0 Å². The first-order valence-electron chi connectivity index (χ1n) is 45.0. The van der Waals surface area contributed by atoms with Crippen LogP contribution in [0.1, 0.15) is 181 Å². The lowest BCUT2D eigenvalue weighted by Crippen LogP contribution is -2.10. The monoisotopic (exact) mass is 1880 g/mol. The van der Waals surface area contributed by atoms with Crippen molar-refractivity contribution >= 4 is 65.7 Å². The van der Waals surface area contributed by atoms with E-state index in [0.29, 0.717) is 86.6 Å². The van der Waals surface area contributed by atoms with Gasteiger partial charge in [-0.25, -0.2) is 57.1 Å². The molecule has 10 aromatic carbocycles. The van der Waals surface area contributed by atoms with Gasteiger partial charge in [-0.1, -0.05) is 182 Å². The van der Waals surface area contributed by atoms with Gasteiger partial charge in [-0.3, -0.25) is 0 Å². The Morgan fingerprint density at radius 1 is 0.250 bits per heavy atom. The summed E-state index contributed by atoms with van der Waals surface area (Å²) in [6, 6.07) is 60.9. The van der Waals surface area contributed by atoms with E-state index in [1.807, 2.05) is 91.0 Å². The first-order valence-corrected chi connectivity index (χ1v) is 45.0. The molecule has 0 heterocycles. The molecule has 0 saturated heterocycles. The molecule has 22 nitrogen and oxygen atoms in total. The number of esters is 11. The number of carbonyl (C=O) groups is 11. The van der Waals surface area contributed by atoms with Crippen LogP contribution in [-0.4, -0.2) is 65.7 Å². The van der Waals surface area contributed by atoms with Crippen LogP contribution in [0.2, 0.25) is 0 Å². The van der Waals surface area contributed by atoms with Gasteiger partial charge in [-0.05, 0) is 311 Å². The number of aryl methyl sites for hydroxylation is 4. The summed E-state index contributed by atoms with van der Waals surface area (Å²) in [6.45, 7) is 53.5. The summed E-state index contributed by atoms with van der Waals surface area (Å²) in [5.41, 5.74) is 22.2. The Hall–Kier alpha value is -16.6. The highest BCUT2D eigenvalue weighted by atomic mass is 19.1. The number of hydrogen-bond donors (Lipinski definition) is 0. The lowest BCUT2D eigenvalue weighted by atomic mass is 9.96. The van der Waals surface area contributed by atoms with Crippen molar-refractivity contribution in [2.45, 2.75) is 157 Å². The molecular formula is C117H109FO22. The maximum Gasteiger partial charge on any atom is 0.338 e. The van der Waals surface area contributed by atoms with Crippen molar-refractivity contribution in [2.24, 2.45) is 0 Å². The molecule has 5 unspecified atom stereocenters. The van der Waals surface area contributed by atoms with Gasteiger partial charge in [-0.2, -0.15) is 0 Å². The third-order valence-electron chi connectivity index (χ3n) is 22.9. The number of rotatable bonds is 27. The van der Waals surface area contributed by atoms with Crippen LogP contribution >= 0.6 is 0 Å². The van der Waals surface area contributed by atoms with Gasteiger partial charge in [0, 0.05) is 80.0 Å². The molecule has 0 N–H and O–H groups in total. The van der Waals surface area contributed by atoms with Crippen molar-refractivity contribution in [2.75, 3.05) is 0 Å². The standard InChI is InChI=1S/C26H24O6.C23H21FO4.2C23H22O4.C22H20O4/c1-6-24(27)32-23-11-10-21-20(8-7-9-22(21)23)17-12-18(30-25(28)15(2)3)14-19(13-17)31-26(29)16(4)5;1-13(2)22(25)27-17-8-9-18(20(24)12-17)16-6-5-15-7-10-21(19(15)11-16)28-23(26)14(3)4;1-14(2)22(24)26-19-9-5-16(6-10-19)17-7-11-20-18(13-17)8-12-21(20)27-23(25)15(3)4;1-14(2)22(24)26-19-10-7-16(8-11-19)18-6-5-17-9-12-21(20(17)13-18)27-23(25)15(3)4;1-4-21(23)26-20-12-9-16-5-6-17(13-19(16)20)15-7-10-18(11-8-15)25-22(24)14(2)3/h6-9,12-14,23H,1-2,4,10-11H2,3,5H3;5-6,8-9,11-12,21H,1,3,7,10H2,2,4H3;5-7,9-11,13,21H,1,3,8,12H2,2,4H3;5-8,10-11,13,21H,1,3,9,12H2,2,4H3;4-8,10-11,13,20H,1-2,9,12H2,3H3. The number of hydrogen-bond acceptors (Lipinski definition) is 22. The van der Waals surface area contributed by atoms with Crippen LogP contribution in [-0.2, 0) is 109 Å². The molecule has 5 aliphatic carbocycles. The lowest BCUT2D eigenvalue weighted by Gasteiger charge is -2.15. The maximum absolute atomic E-state index is 14.6. The highest BCUT2D eigenvalue weighted by Crippen LogP contribution is 2.46. The van der Waals surface area contributed by atoms with E-state index in [1.54, 1.807) is 110 Å². The number of fused-ring (bicyclic) bond motifs is 5. The molecule has 10 aromatic rings. The smallest absolute Gasteiger partial charge is 0.338 e. The molecule has 0 spiro atoms. The van der Waals surface area contributed by atoms with Crippen LogP contribution in [0.15, 0.2) is 335 Å². The number of halogens is 1. The molecule has 0 saturated carbocycles. The fourth-order valence-electron chi connectivity index (χ4n) is 15.5. The van der Waals surface area contributed by atoms with Gasteiger partial charge in [0.25, 0.3) is 0 Å². The average Bonchev–Trinajstić information content (AvgIpc) is 1.43. The summed E-state index contributed by atoms with van der Waals surface area (Å²) in [6.07, 6.45) is 8.76. The second kappa shape index (κ2) is 47.3. The molecule has 5 atom stereocenters. The van der Waals surface area contributed by atoms with E-state index < -0.39 is 59.5 Å². The zero-order chi connectivity index (χ0) is 102. The van der Waals surface area contributed by atoms with Crippen molar-refractivity contribution < 1.29 is 109 Å². The molecular weight excluding hydrogens is 1780 g/mol. The normalized spacial score (nSPS) is 14.8. The van der Waals surface area contributed by atoms with Crippen LogP contribution in [0, 0.1) is 5.82 Å². The van der Waals surface area contributed by atoms with Gasteiger partial charge in [-0.15, -0.1) is 0 Å². The summed E-state index contributed by atoms with van der Waals surface area (Å²) < 4.78 is 73.6. The van der Waals surface area contributed by atoms with E-state index in [2.05, 4.69) is 109 Å². The van der Waals surface area contributed by atoms with Crippen molar-refractivity contribution in [3.8, 4) is 90.1 Å². The van der Waals surface area contributed by atoms with Crippen LogP contribution in [0.25, 0.3) is 55.6 Å². The molecule has 5 aliphatic rings. The quantitative estimate of drug-likeness (QED) is 0.0200. The summed E-state index contributed by atoms with van der Waals surface area (Å²) in [4.78, 5) is 129. The fraction of sp³-hybridized carbons (Fsp3) is 0.205. The summed E-state index contributed by atoms with van der Waals surface area (Å²) >= 11 is 0. The van der Waals surface area contributed by atoms with Crippen LogP contribution < -0.4 is 28.4 Å². The van der Waals surface area contributed by atoms with Gasteiger partial charge in [0.1, 0.15) is 70.8 Å². The molecule has 0 radical (unpaired) electrons. The third-order valence-corrected chi connectivity index (χ3v) is 22.9. The Labute approximate surface area is 813 Å². The van der Waals surface area contributed by atoms with E-state index in [1.165, 1.54) is 47.9 Å². The highest BCUT2D eigenvalue weighted by Gasteiger charge is 2.33. The molecule has 15 rings (SSSR count). The highest BCUT2D eigenvalue weighted by molar-refractivity contribution is 5.94. The molecule has 140 heavy (non-hydrogen) atoms. The van der Waals surface area contributed by atoms with Crippen LogP contribution in [0.3, 0.4) is 0 Å². The fourth-order valence-corrected chi connectivity index (χ4v) is 15.5.